The van der Waals surface area contributed by atoms with Crippen LogP contribution in [0.1, 0.15) is 23.4 Å². The smallest absolute Gasteiger partial charge is 0.224 e. The molecule has 1 aromatic heterocycles. The number of aryl methyl sites for hydroxylation is 2. The average Bonchev–Trinajstić information content (AvgIpc) is 2.78. The second kappa shape index (κ2) is 7.57. The van der Waals surface area contributed by atoms with E-state index < -0.39 is 0 Å². The lowest BCUT2D eigenvalue weighted by Crippen LogP contribution is -2.13. The molecule has 24 heavy (non-hydrogen) atoms. The molecule has 0 spiro atoms. The second-order valence-corrected chi connectivity index (χ2v) is 5.92. The zero-order valence-electron chi connectivity index (χ0n) is 14.6. The second-order valence-electron chi connectivity index (χ2n) is 5.51. The van der Waals surface area contributed by atoms with Gasteiger partial charge < -0.3 is 14.8 Å². The minimum atomic E-state index is -0.114. The van der Waals surface area contributed by atoms with Gasteiger partial charge in [0.1, 0.15) is 11.5 Å². The van der Waals surface area contributed by atoms with E-state index in [2.05, 4.69) is 10.4 Å². The zero-order valence-corrected chi connectivity index (χ0v) is 15.3. The van der Waals surface area contributed by atoms with Crippen molar-refractivity contribution in [2.75, 3.05) is 19.5 Å². The number of benzene rings is 1. The molecule has 0 saturated heterocycles. The van der Waals surface area contributed by atoms with Crippen molar-refractivity contribution in [3.8, 4) is 11.5 Å². The van der Waals surface area contributed by atoms with Crippen molar-refractivity contribution in [1.29, 1.82) is 0 Å². The fourth-order valence-corrected chi connectivity index (χ4v) is 2.83. The predicted octanol–water partition coefficient (Wildman–Crippen LogP) is 3.28. The van der Waals surface area contributed by atoms with Crippen molar-refractivity contribution in [2.45, 2.75) is 26.7 Å². The molecule has 0 aliphatic rings. The van der Waals surface area contributed by atoms with E-state index in [-0.39, 0.29) is 5.91 Å². The van der Waals surface area contributed by atoms with Gasteiger partial charge in [-0.2, -0.15) is 5.10 Å². The van der Waals surface area contributed by atoms with Crippen LogP contribution in [0.2, 0.25) is 5.02 Å². The molecule has 2 aromatic rings. The Morgan fingerprint density at radius 2 is 1.92 bits per heavy atom. The Kier molecular flexibility index (Phi) is 5.72. The van der Waals surface area contributed by atoms with Gasteiger partial charge in [-0.25, -0.2) is 0 Å². The maximum Gasteiger partial charge on any atom is 0.224 e. The van der Waals surface area contributed by atoms with Crippen molar-refractivity contribution < 1.29 is 14.3 Å². The van der Waals surface area contributed by atoms with Gasteiger partial charge in [-0.05, 0) is 31.9 Å². The Bertz CT molecular complexity index is 756. The third kappa shape index (κ3) is 3.82. The number of carbonyl (C=O) groups is 1. The van der Waals surface area contributed by atoms with E-state index in [0.29, 0.717) is 35.1 Å². The Balaban J connectivity index is 2.08. The Morgan fingerprint density at radius 1 is 1.25 bits per heavy atom. The highest BCUT2D eigenvalue weighted by atomic mass is 35.5. The van der Waals surface area contributed by atoms with Gasteiger partial charge in [-0.1, -0.05) is 11.6 Å². The van der Waals surface area contributed by atoms with Gasteiger partial charge in [0.2, 0.25) is 5.91 Å². The van der Waals surface area contributed by atoms with Crippen LogP contribution in [-0.2, 0) is 18.3 Å². The average molecular weight is 352 g/mol. The monoisotopic (exact) mass is 351 g/mol. The molecule has 130 valence electrons. The lowest BCUT2D eigenvalue weighted by atomic mass is 10.1. The summed E-state index contributed by atoms with van der Waals surface area (Å²) in [5.74, 6) is 0.878. The topological polar surface area (TPSA) is 65.4 Å². The van der Waals surface area contributed by atoms with Gasteiger partial charge in [-0.15, -0.1) is 0 Å². The van der Waals surface area contributed by atoms with E-state index in [9.17, 15) is 4.79 Å². The molecule has 2 rings (SSSR count). The number of anilines is 1. The molecule has 0 fully saturated rings. The summed E-state index contributed by atoms with van der Waals surface area (Å²) in [6, 6.07) is 3.27. The van der Waals surface area contributed by atoms with E-state index in [0.717, 1.165) is 17.0 Å². The molecule has 1 heterocycles. The maximum atomic E-state index is 12.3. The van der Waals surface area contributed by atoms with Crippen molar-refractivity contribution in [2.24, 2.45) is 7.05 Å². The van der Waals surface area contributed by atoms with Gasteiger partial charge in [0.05, 0.1) is 30.6 Å². The first-order valence-electron chi connectivity index (χ1n) is 7.57. The van der Waals surface area contributed by atoms with Crippen molar-refractivity contribution in [3.63, 3.8) is 0 Å². The summed E-state index contributed by atoms with van der Waals surface area (Å²) in [6.07, 6.45) is 0.976. The lowest BCUT2D eigenvalue weighted by molar-refractivity contribution is -0.116. The Morgan fingerprint density at radius 3 is 2.46 bits per heavy atom. The van der Waals surface area contributed by atoms with Crippen molar-refractivity contribution in [1.82, 2.24) is 9.78 Å². The molecule has 0 atom stereocenters. The summed E-state index contributed by atoms with van der Waals surface area (Å²) < 4.78 is 12.3. The molecule has 0 radical (unpaired) electrons. The van der Waals surface area contributed by atoms with Crippen LogP contribution in [0.3, 0.4) is 0 Å². The summed E-state index contributed by atoms with van der Waals surface area (Å²) in [6.45, 7) is 3.95. The summed E-state index contributed by atoms with van der Waals surface area (Å²) in [5, 5.41) is 7.61. The number of methoxy groups -OCH3 is 2. The number of nitrogens with one attached hydrogen (secondary N) is 1. The molecule has 0 aliphatic heterocycles. The molecule has 0 saturated carbocycles. The summed E-state index contributed by atoms with van der Waals surface area (Å²) >= 11 is 6.12. The number of nitrogens with zero attached hydrogens (tertiary/aromatic N) is 2. The standard InChI is InChI=1S/C17H22ClN3O3/c1-10-12(11(2)21(3)20-10)6-7-17(22)19-14-8-13(18)15(23-4)9-16(14)24-5/h8-9H,6-7H2,1-5H3,(H,19,22). The van der Waals surface area contributed by atoms with Crippen LogP contribution in [0.4, 0.5) is 5.69 Å². The van der Waals surface area contributed by atoms with Crippen LogP contribution in [0.15, 0.2) is 12.1 Å². The van der Waals surface area contributed by atoms with Gasteiger partial charge in [0.25, 0.3) is 0 Å². The van der Waals surface area contributed by atoms with Crippen LogP contribution in [0.5, 0.6) is 11.5 Å². The highest BCUT2D eigenvalue weighted by molar-refractivity contribution is 6.32. The fraction of sp³-hybridized carbons (Fsp3) is 0.412. The number of aromatic nitrogens is 2. The third-order valence-corrected chi connectivity index (χ3v) is 4.30. The van der Waals surface area contributed by atoms with Crippen molar-refractivity contribution in [3.05, 3.63) is 34.1 Å². The van der Waals surface area contributed by atoms with E-state index in [4.69, 9.17) is 21.1 Å². The number of hydrogen-bond donors (Lipinski definition) is 1. The first-order chi connectivity index (χ1) is 11.4. The van der Waals surface area contributed by atoms with Crippen molar-refractivity contribution >= 4 is 23.2 Å². The number of hydrogen-bond acceptors (Lipinski definition) is 4. The normalized spacial score (nSPS) is 10.6. The molecule has 6 nitrogen and oxygen atoms in total. The van der Waals surface area contributed by atoms with E-state index >= 15 is 0 Å². The van der Waals surface area contributed by atoms with Gasteiger partial charge in [-0.3, -0.25) is 9.48 Å². The molecular formula is C17H22ClN3O3. The van der Waals surface area contributed by atoms with Gasteiger partial charge >= 0.3 is 0 Å². The van der Waals surface area contributed by atoms with E-state index in [1.54, 1.807) is 12.1 Å². The van der Waals surface area contributed by atoms with E-state index in [1.165, 1.54) is 14.2 Å². The SMILES string of the molecule is COc1cc(OC)c(NC(=O)CCc2c(C)nn(C)c2C)cc1Cl. The first kappa shape index (κ1) is 18.1. The molecular weight excluding hydrogens is 330 g/mol. The number of ether oxygens (including phenoxy) is 2. The van der Waals surface area contributed by atoms with Gasteiger partial charge in [0.15, 0.2) is 0 Å². The minimum absolute atomic E-state index is 0.114. The van der Waals surface area contributed by atoms with E-state index in [1.807, 2.05) is 25.6 Å². The largest absolute Gasteiger partial charge is 0.495 e. The Labute approximate surface area is 146 Å². The number of carbonyl (C=O) groups excluding carboxylic acids is 1. The Hall–Kier alpha value is -2.21. The van der Waals surface area contributed by atoms with Crippen LogP contribution in [-0.4, -0.2) is 29.9 Å². The highest BCUT2D eigenvalue weighted by Gasteiger charge is 2.14. The number of halogens is 1. The summed E-state index contributed by atoms with van der Waals surface area (Å²) in [4.78, 5) is 12.3. The van der Waals surface area contributed by atoms with Crippen LogP contribution < -0.4 is 14.8 Å². The third-order valence-electron chi connectivity index (χ3n) is 4.01. The molecule has 1 aromatic carbocycles. The van der Waals surface area contributed by atoms with Gasteiger partial charge in [0, 0.05) is 25.2 Å². The first-order valence-corrected chi connectivity index (χ1v) is 7.95. The zero-order chi connectivity index (χ0) is 17.9. The van der Waals surface area contributed by atoms with Crippen LogP contribution in [0.25, 0.3) is 0 Å². The molecule has 1 N–H and O–H groups in total. The molecule has 0 aliphatic carbocycles. The highest BCUT2D eigenvalue weighted by Crippen LogP contribution is 2.35. The lowest BCUT2D eigenvalue weighted by Gasteiger charge is -2.13. The number of rotatable bonds is 6. The summed E-state index contributed by atoms with van der Waals surface area (Å²) in [7, 11) is 4.95. The van der Waals surface area contributed by atoms with Crippen LogP contribution >= 0.6 is 11.6 Å². The number of amides is 1. The fourth-order valence-electron chi connectivity index (χ4n) is 2.59. The summed E-state index contributed by atoms with van der Waals surface area (Å²) in [5.41, 5.74) is 3.65. The minimum Gasteiger partial charge on any atom is -0.495 e. The predicted molar refractivity (Wildman–Crippen MR) is 94.2 cm³/mol. The van der Waals surface area contributed by atoms with Crippen LogP contribution in [0, 0.1) is 13.8 Å². The maximum absolute atomic E-state index is 12.3. The molecule has 7 heteroatoms. The molecule has 1 amide bonds. The quantitative estimate of drug-likeness (QED) is 0.867. The molecule has 0 unspecified atom stereocenters. The molecule has 0 bridgehead atoms.